The number of rotatable bonds is 4. The van der Waals surface area contributed by atoms with Crippen molar-refractivity contribution in [3.8, 4) is 0 Å². The van der Waals surface area contributed by atoms with E-state index in [-0.39, 0.29) is 18.9 Å². The standard InChI is InChI=1S/C9H14N2O2/c1-11(9(13)3-5-12)7-8-2-4-10-6-8/h2,4,6,10,12H,3,5,7H2,1H3. The predicted octanol–water partition coefficient (Wildman–Crippen LogP) is 0.355. The Kier molecular flexibility index (Phi) is 3.52. The molecule has 0 atom stereocenters. The average Bonchev–Trinajstić information content (AvgIpc) is 2.57. The van der Waals surface area contributed by atoms with E-state index < -0.39 is 0 Å². The number of carbonyl (C=O) groups is 1. The molecule has 0 aliphatic rings. The fraction of sp³-hybridized carbons (Fsp3) is 0.444. The Morgan fingerprint density at radius 2 is 2.46 bits per heavy atom. The van der Waals surface area contributed by atoms with Crippen LogP contribution >= 0.6 is 0 Å². The summed E-state index contributed by atoms with van der Waals surface area (Å²) in [4.78, 5) is 15.7. The van der Waals surface area contributed by atoms with E-state index in [2.05, 4.69) is 4.98 Å². The van der Waals surface area contributed by atoms with Gasteiger partial charge in [0.2, 0.25) is 5.91 Å². The fourth-order valence-electron chi connectivity index (χ4n) is 1.11. The lowest BCUT2D eigenvalue weighted by Gasteiger charge is -2.15. The summed E-state index contributed by atoms with van der Waals surface area (Å²) in [5, 5.41) is 8.56. The molecule has 0 saturated heterocycles. The van der Waals surface area contributed by atoms with Crippen molar-refractivity contribution in [1.29, 1.82) is 0 Å². The fourth-order valence-corrected chi connectivity index (χ4v) is 1.11. The Balaban J connectivity index is 2.41. The molecule has 0 fully saturated rings. The van der Waals surface area contributed by atoms with Crippen molar-refractivity contribution in [3.63, 3.8) is 0 Å². The van der Waals surface area contributed by atoms with Gasteiger partial charge in [-0.15, -0.1) is 0 Å². The molecule has 0 radical (unpaired) electrons. The van der Waals surface area contributed by atoms with Crippen LogP contribution in [0.5, 0.6) is 0 Å². The van der Waals surface area contributed by atoms with Crippen molar-refractivity contribution in [3.05, 3.63) is 24.0 Å². The molecule has 72 valence electrons. The number of aliphatic hydroxyl groups is 1. The lowest BCUT2D eigenvalue weighted by atomic mass is 10.3. The van der Waals surface area contributed by atoms with E-state index in [1.54, 1.807) is 11.9 Å². The first-order valence-corrected chi connectivity index (χ1v) is 4.20. The van der Waals surface area contributed by atoms with Gasteiger partial charge < -0.3 is 15.0 Å². The van der Waals surface area contributed by atoms with Crippen LogP contribution in [0.15, 0.2) is 18.5 Å². The molecular formula is C9H14N2O2. The monoisotopic (exact) mass is 182 g/mol. The quantitative estimate of drug-likeness (QED) is 0.706. The average molecular weight is 182 g/mol. The van der Waals surface area contributed by atoms with Crippen molar-refractivity contribution < 1.29 is 9.90 Å². The maximum Gasteiger partial charge on any atom is 0.224 e. The minimum atomic E-state index is -0.0870. The SMILES string of the molecule is CN(Cc1cc[nH]c1)C(=O)CCO. The molecule has 1 rings (SSSR count). The highest BCUT2D eigenvalue weighted by molar-refractivity contribution is 5.75. The van der Waals surface area contributed by atoms with Gasteiger partial charge in [0.05, 0.1) is 6.61 Å². The highest BCUT2D eigenvalue weighted by Crippen LogP contribution is 2.02. The van der Waals surface area contributed by atoms with Gasteiger partial charge in [-0.3, -0.25) is 4.79 Å². The van der Waals surface area contributed by atoms with E-state index in [0.29, 0.717) is 6.54 Å². The molecule has 0 spiro atoms. The molecule has 0 aliphatic heterocycles. The summed E-state index contributed by atoms with van der Waals surface area (Å²) in [5.74, 6) is -0.0382. The van der Waals surface area contributed by atoms with Crippen LogP contribution in [0.25, 0.3) is 0 Å². The number of hydrogen-bond donors (Lipinski definition) is 2. The third kappa shape index (κ3) is 2.91. The topological polar surface area (TPSA) is 56.3 Å². The van der Waals surface area contributed by atoms with Crippen LogP contribution in [0.3, 0.4) is 0 Å². The van der Waals surface area contributed by atoms with Crippen LogP contribution in [-0.4, -0.2) is 34.6 Å². The molecule has 1 amide bonds. The molecule has 4 nitrogen and oxygen atoms in total. The molecule has 0 unspecified atom stereocenters. The number of aromatic nitrogens is 1. The van der Waals surface area contributed by atoms with Crippen LogP contribution < -0.4 is 0 Å². The summed E-state index contributed by atoms with van der Waals surface area (Å²) < 4.78 is 0. The predicted molar refractivity (Wildman–Crippen MR) is 49.0 cm³/mol. The Morgan fingerprint density at radius 1 is 1.69 bits per heavy atom. The third-order valence-electron chi connectivity index (χ3n) is 1.83. The summed E-state index contributed by atoms with van der Waals surface area (Å²) in [6, 6.07) is 1.92. The van der Waals surface area contributed by atoms with Crippen LogP contribution in [-0.2, 0) is 11.3 Å². The van der Waals surface area contributed by atoms with Crippen molar-refractivity contribution in [2.24, 2.45) is 0 Å². The molecule has 0 aromatic carbocycles. The van der Waals surface area contributed by atoms with E-state index in [1.165, 1.54) is 0 Å². The smallest absolute Gasteiger partial charge is 0.224 e. The van der Waals surface area contributed by atoms with E-state index in [9.17, 15) is 4.79 Å². The van der Waals surface area contributed by atoms with Gasteiger partial charge in [-0.05, 0) is 11.6 Å². The summed E-state index contributed by atoms with van der Waals surface area (Å²) >= 11 is 0. The van der Waals surface area contributed by atoms with Gasteiger partial charge in [-0.25, -0.2) is 0 Å². The number of carbonyl (C=O) groups excluding carboxylic acids is 1. The van der Waals surface area contributed by atoms with Crippen molar-refractivity contribution >= 4 is 5.91 Å². The Labute approximate surface area is 77.2 Å². The van der Waals surface area contributed by atoms with Crippen molar-refractivity contribution in [2.75, 3.05) is 13.7 Å². The second-order valence-electron chi connectivity index (χ2n) is 2.94. The van der Waals surface area contributed by atoms with Crippen LogP contribution in [0, 0.1) is 0 Å². The van der Waals surface area contributed by atoms with Gasteiger partial charge in [0.1, 0.15) is 0 Å². The molecule has 0 bridgehead atoms. The first kappa shape index (κ1) is 9.80. The second-order valence-corrected chi connectivity index (χ2v) is 2.94. The van der Waals surface area contributed by atoms with Crippen LogP contribution in [0.1, 0.15) is 12.0 Å². The number of nitrogens with zero attached hydrogens (tertiary/aromatic N) is 1. The van der Waals surface area contributed by atoms with Crippen LogP contribution in [0.2, 0.25) is 0 Å². The molecular weight excluding hydrogens is 168 g/mol. The first-order valence-electron chi connectivity index (χ1n) is 4.20. The third-order valence-corrected chi connectivity index (χ3v) is 1.83. The number of hydrogen-bond acceptors (Lipinski definition) is 2. The Hall–Kier alpha value is -1.29. The zero-order valence-electron chi connectivity index (χ0n) is 7.66. The number of aliphatic hydroxyl groups excluding tert-OH is 1. The Bertz CT molecular complexity index is 257. The van der Waals surface area contributed by atoms with Gasteiger partial charge in [0.15, 0.2) is 0 Å². The Morgan fingerprint density at radius 3 is 3.00 bits per heavy atom. The molecule has 2 N–H and O–H groups in total. The zero-order chi connectivity index (χ0) is 9.68. The van der Waals surface area contributed by atoms with Crippen molar-refractivity contribution in [1.82, 2.24) is 9.88 Å². The number of H-pyrrole nitrogens is 1. The van der Waals surface area contributed by atoms with Gasteiger partial charge in [0, 0.05) is 32.4 Å². The normalized spacial score (nSPS) is 10.0. The summed E-state index contributed by atoms with van der Waals surface area (Å²) in [7, 11) is 1.73. The van der Waals surface area contributed by atoms with E-state index in [0.717, 1.165) is 5.56 Å². The van der Waals surface area contributed by atoms with Crippen molar-refractivity contribution in [2.45, 2.75) is 13.0 Å². The van der Waals surface area contributed by atoms with E-state index >= 15 is 0 Å². The largest absolute Gasteiger partial charge is 0.396 e. The molecule has 13 heavy (non-hydrogen) atoms. The number of amides is 1. The highest BCUT2D eigenvalue weighted by atomic mass is 16.3. The maximum atomic E-state index is 11.2. The van der Waals surface area contributed by atoms with Gasteiger partial charge in [0.25, 0.3) is 0 Å². The highest BCUT2D eigenvalue weighted by Gasteiger charge is 2.07. The van der Waals surface area contributed by atoms with E-state index in [4.69, 9.17) is 5.11 Å². The molecule has 1 aromatic heterocycles. The van der Waals surface area contributed by atoms with Gasteiger partial charge >= 0.3 is 0 Å². The lowest BCUT2D eigenvalue weighted by molar-refractivity contribution is -0.131. The first-order chi connectivity index (χ1) is 6.24. The molecule has 0 aliphatic carbocycles. The summed E-state index contributed by atoms with van der Waals surface area (Å²) in [5.41, 5.74) is 1.06. The van der Waals surface area contributed by atoms with Gasteiger partial charge in [-0.1, -0.05) is 0 Å². The summed E-state index contributed by atoms with van der Waals surface area (Å²) in [6.45, 7) is 0.499. The molecule has 1 heterocycles. The number of aromatic amines is 1. The summed E-state index contributed by atoms with van der Waals surface area (Å²) in [6.07, 6.45) is 3.86. The molecule has 0 saturated carbocycles. The van der Waals surface area contributed by atoms with Crippen LogP contribution in [0.4, 0.5) is 0 Å². The zero-order valence-corrected chi connectivity index (χ0v) is 7.66. The number of nitrogens with one attached hydrogen (secondary N) is 1. The minimum Gasteiger partial charge on any atom is -0.396 e. The molecule has 4 heteroatoms. The van der Waals surface area contributed by atoms with Gasteiger partial charge in [-0.2, -0.15) is 0 Å². The lowest BCUT2D eigenvalue weighted by Crippen LogP contribution is -2.26. The molecule has 1 aromatic rings. The van der Waals surface area contributed by atoms with E-state index in [1.807, 2.05) is 18.5 Å². The minimum absolute atomic E-state index is 0.0382. The maximum absolute atomic E-state index is 11.2. The second kappa shape index (κ2) is 4.67.